The van der Waals surface area contributed by atoms with Gasteiger partial charge in [-0.3, -0.25) is 0 Å². The first-order valence-electron chi connectivity index (χ1n) is 9.34. The number of benzene rings is 2. The Labute approximate surface area is 145 Å². The summed E-state index contributed by atoms with van der Waals surface area (Å²) in [5, 5.41) is 2.30. The van der Waals surface area contributed by atoms with Crippen molar-refractivity contribution in [2.45, 2.75) is 70.8 Å². The SMILES string of the molecule is CCC(C)c1ccc2cc(C(=O)OC3(CC)CCCC3)ccc2c1. The van der Waals surface area contributed by atoms with Gasteiger partial charge in [-0.1, -0.05) is 45.0 Å². The van der Waals surface area contributed by atoms with Crippen molar-refractivity contribution >= 4 is 16.7 Å². The predicted molar refractivity (Wildman–Crippen MR) is 99.6 cm³/mol. The van der Waals surface area contributed by atoms with Crippen LogP contribution < -0.4 is 0 Å². The molecule has 0 amide bonds. The van der Waals surface area contributed by atoms with Crippen LogP contribution in [-0.2, 0) is 4.74 Å². The van der Waals surface area contributed by atoms with Gasteiger partial charge in [0.05, 0.1) is 5.56 Å². The Kier molecular flexibility index (Phi) is 4.93. The number of hydrogen-bond acceptors (Lipinski definition) is 2. The molecule has 1 aliphatic rings. The first kappa shape index (κ1) is 17.0. The third-order valence-corrected chi connectivity index (χ3v) is 5.75. The third-order valence-electron chi connectivity index (χ3n) is 5.75. The number of ether oxygens (including phenoxy) is 1. The molecule has 0 bridgehead atoms. The summed E-state index contributed by atoms with van der Waals surface area (Å²) in [4.78, 5) is 12.6. The summed E-state index contributed by atoms with van der Waals surface area (Å²) < 4.78 is 5.92. The molecule has 1 unspecified atom stereocenters. The summed E-state index contributed by atoms with van der Waals surface area (Å²) in [6, 6.07) is 12.5. The first-order chi connectivity index (χ1) is 11.6. The second-order valence-corrected chi connectivity index (χ2v) is 7.26. The van der Waals surface area contributed by atoms with Gasteiger partial charge in [-0.25, -0.2) is 4.79 Å². The smallest absolute Gasteiger partial charge is 0.338 e. The van der Waals surface area contributed by atoms with Crippen molar-refractivity contribution in [1.82, 2.24) is 0 Å². The molecular formula is C22H28O2. The van der Waals surface area contributed by atoms with E-state index in [9.17, 15) is 4.79 Å². The van der Waals surface area contributed by atoms with Crippen LogP contribution in [0, 0.1) is 0 Å². The highest BCUT2D eigenvalue weighted by molar-refractivity contribution is 5.95. The van der Waals surface area contributed by atoms with E-state index in [0.29, 0.717) is 11.5 Å². The molecule has 2 nitrogen and oxygen atoms in total. The lowest BCUT2D eigenvalue weighted by atomic mass is 9.95. The molecule has 3 rings (SSSR count). The maximum atomic E-state index is 12.6. The number of carbonyl (C=O) groups is 1. The monoisotopic (exact) mass is 324 g/mol. The summed E-state index contributed by atoms with van der Waals surface area (Å²) in [5.41, 5.74) is 1.79. The summed E-state index contributed by atoms with van der Waals surface area (Å²) in [5.74, 6) is 0.387. The number of hydrogen-bond donors (Lipinski definition) is 0. The van der Waals surface area contributed by atoms with Crippen LogP contribution in [0.5, 0.6) is 0 Å². The fourth-order valence-electron chi connectivity index (χ4n) is 3.74. The van der Waals surface area contributed by atoms with E-state index in [2.05, 4.69) is 39.0 Å². The Hall–Kier alpha value is -1.83. The molecule has 1 aliphatic carbocycles. The zero-order chi connectivity index (χ0) is 17.2. The molecule has 1 atom stereocenters. The molecular weight excluding hydrogens is 296 g/mol. The molecule has 2 aromatic rings. The summed E-state index contributed by atoms with van der Waals surface area (Å²) in [6.07, 6.45) is 6.37. The second kappa shape index (κ2) is 6.96. The first-order valence-corrected chi connectivity index (χ1v) is 9.34. The number of carbonyl (C=O) groups excluding carboxylic acids is 1. The molecule has 0 aliphatic heterocycles. The van der Waals surface area contributed by atoms with E-state index in [1.807, 2.05) is 18.2 Å². The Balaban J connectivity index is 1.83. The molecule has 0 aromatic heterocycles. The summed E-state index contributed by atoms with van der Waals surface area (Å²) in [6.45, 7) is 6.58. The van der Waals surface area contributed by atoms with Gasteiger partial charge in [0.2, 0.25) is 0 Å². The van der Waals surface area contributed by atoms with E-state index in [4.69, 9.17) is 4.74 Å². The number of rotatable bonds is 5. The van der Waals surface area contributed by atoms with Crippen molar-refractivity contribution in [3.05, 3.63) is 47.5 Å². The van der Waals surface area contributed by atoms with Crippen LogP contribution in [0.1, 0.15) is 81.1 Å². The van der Waals surface area contributed by atoms with Crippen molar-refractivity contribution in [3.63, 3.8) is 0 Å². The van der Waals surface area contributed by atoms with Crippen molar-refractivity contribution in [2.75, 3.05) is 0 Å². The van der Waals surface area contributed by atoms with Crippen LogP contribution >= 0.6 is 0 Å². The van der Waals surface area contributed by atoms with Gasteiger partial charge in [-0.2, -0.15) is 0 Å². The fraction of sp³-hybridized carbons (Fsp3) is 0.500. The van der Waals surface area contributed by atoms with Crippen LogP contribution in [0.25, 0.3) is 10.8 Å². The number of esters is 1. The normalized spacial score (nSPS) is 17.8. The lowest BCUT2D eigenvalue weighted by Gasteiger charge is -2.27. The minimum absolute atomic E-state index is 0.174. The van der Waals surface area contributed by atoms with Crippen molar-refractivity contribution in [3.8, 4) is 0 Å². The highest BCUT2D eigenvalue weighted by atomic mass is 16.6. The van der Waals surface area contributed by atoms with Gasteiger partial charge < -0.3 is 4.74 Å². The quantitative estimate of drug-likeness (QED) is 0.609. The largest absolute Gasteiger partial charge is 0.455 e. The Bertz CT molecular complexity index is 726. The van der Waals surface area contributed by atoms with Crippen LogP contribution in [0.2, 0.25) is 0 Å². The van der Waals surface area contributed by atoms with Crippen molar-refractivity contribution < 1.29 is 9.53 Å². The van der Waals surface area contributed by atoms with E-state index in [-0.39, 0.29) is 11.6 Å². The minimum Gasteiger partial charge on any atom is -0.455 e. The molecule has 1 fully saturated rings. The standard InChI is InChI=1S/C22H28O2/c1-4-16(3)17-8-9-19-15-20(11-10-18(19)14-17)21(23)24-22(5-2)12-6-7-13-22/h8-11,14-16H,4-7,12-13H2,1-3H3. The predicted octanol–water partition coefficient (Wildman–Crippen LogP) is 6.23. The van der Waals surface area contributed by atoms with E-state index < -0.39 is 0 Å². The molecule has 0 radical (unpaired) electrons. The van der Waals surface area contributed by atoms with Gasteiger partial charge in [0.1, 0.15) is 5.60 Å². The second-order valence-electron chi connectivity index (χ2n) is 7.26. The van der Waals surface area contributed by atoms with Crippen LogP contribution in [0.3, 0.4) is 0 Å². The minimum atomic E-state index is -0.230. The third kappa shape index (κ3) is 3.33. The molecule has 2 heteroatoms. The zero-order valence-electron chi connectivity index (χ0n) is 15.1. The Morgan fingerprint density at radius 1 is 1.08 bits per heavy atom. The summed E-state index contributed by atoms with van der Waals surface area (Å²) in [7, 11) is 0. The molecule has 0 heterocycles. The highest BCUT2D eigenvalue weighted by Gasteiger charge is 2.36. The zero-order valence-corrected chi connectivity index (χ0v) is 15.1. The Morgan fingerprint density at radius 2 is 1.75 bits per heavy atom. The fourth-order valence-corrected chi connectivity index (χ4v) is 3.74. The lowest BCUT2D eigenvalue weighted by Crippen LogP contribution is -2.31. The molecule has 0 spiro atoms. The van der Waals surface area contributed by atoms with E-state index in [1.165, 1.54) is 10.9 Å². The van der Waals surface area contributed by atoms with E-state index in [1.54, 1.807) is 0 Å². The topological polar surface area (TPSA) is 26.3 Å². The van der Waals surface area contributed by atoms with E-state index >= 15 is 0 Å². The van der Waals surface area contributed by atoms with E-state index in [0.717, 1.165) is 43.9 Å². The van der Waals surface area contributed by atoms with Crippen LogP contribution in [0.15, 0.2) is 36.4 Å². The summed E-state index contributed by atoms with van der Waals surface area (Å²) >= 11 is 0. The highest BCUT2D eigenvalue weighted by Crippen LogP contribution is 2.36. The number of fused-ring (bicyclic) bond motifs is 1. The van der Waals surface area contributed by atoms with Crippen molar-refractivity contribution in [2.24, 2.45) is 0 Å². The molecule has 2 aromatic carbocycles. The van der Waals surface area contributed by atoms with Crippen LogP contribution in [0.4, 0.5) is 0 Å². The van der Waals surface area contributed by atoms with Crippen molar-refractivity contribution in [1.29, 1.82) is 0 Å². The van der Waals surface area contributed by atoms with Gasteiger partial charge in [-0.15, -0.1) is 0 Å². The van der Waals surface area contributed by atoms with Gasteiger partial charge in [0, 0.05) is 0 Å². The van der Waals surface area contributed by atoms with Crippen LogP contribution in [-0.4, -0.2) is 11.6 Å². The average molecular weight is 324 g/mol. The maximum absolute atomic E-state index is 12.6. The molecule has 1 saturated carbocycles. The van der Waals surface area contributed by atoms with Gasteiger partial charge in [0.15, 0.2) is 0 Å². The maximum Gasteiger partial charge on any atom is 0.338 e. The molecule has 0 saturated heterocycles. The van der Waals surface area contributed by atoms with Gasteiger partial charge >= 0.3 is 5.97 Å². The van der Waals surface area contributed by atoms with Gasteiger partial charge in [-0.05, 0) is 72.9 Å². The average Bonchev–Trinajstić information content (AvgIpc) is 3.09. The molecule has 0 N–H and O–H groups in total. The molecule has 128 valence electrons. The lowest BCUT2D eigenvalue weighted by molar-refractivity contribution is -0.0172. The van der Waals surface area contributed by atoms with Gasteiger partial charge in [0.25, 0.3) is 0 Å². The Morgan fingerprint density at radius 3 is 2.42 bits per heavy atom. The molecule has 24 heavy (non-hydrogen) atoms.